The Morgan fingerprint density at radius 2 is 1.47 bits per heavy atom. The van der Waals surface area contributed by atoms with Crippen LogP contribution in [0.3, 0.4) is 0 Å². The number of nitrogens with one attached hydrogen (secondary N) is 3. The van der Waals surface area contributed by atoms with Crippen LogP contribution < -0.4 is 21.7 Å². The quantitative estimate of drug-likeness (QED) is 0.191. The average molecular weight is 481 g/mol. The highest BCUT2D eigenvalue weighted by Gasteiger charge is 2.30. The minimum atomic E-state index is -1.23. The van der Waals surface area contributed by atoms with E-state index in [1.807, 2.05) is 0 Å². The number of benzene rings is 1. The third-order valence-electron chi connectivity index (χ3n) is 5.00. The fraction of sp³-hybridized carbons (Fsp3) is 0.500. The van der Waals surface area contributed by atoms with Crippen LogP contribution >= 0.6 is 0 Å². The lowest BCUT2D eigenvalue weighted by Gasteiger charge is -2.25. The molecule has 0 aliphatic carbocycles. The highest BCUT2D eigenvalue weighted by atomic mass is 16.4. The van der Waals surface area contributed by atoms with Gasteiger partial charge in [-0.15, -0.1) is 0 Å². The van der Waals surface area contributed by atoms with Crippen molar-refractivity contribution in [3.8, 4) is 5.75 Å². The Morgan fingerprint density at radius 1 is 0.882 bits per heavy atom. The zero-order valence-corrected chi connectivity index (χ0v) is 19.3. The highest BCUT2D eigenvalue weighted by molar-refractivity contribution is 5.94. The van der Waals surface area contributed by atoms with Gasteiger partial charge < -0.3 is 37.0 Å². The summed E-state index contributed by atoms with van der Waals surface area (Å²) in [7, 11) is 0. The normalized spacial score (nSPS) is 14.4. The van der Waals surface area contributed by atoms with Crippen molar-refractivity contribution in [1.82, 2.24) is 16.0 Å². The van der Waals surface area contributed by atoms with Crippen LogP contribution in [0.2, 0.25) is 0 Å². The van der Waals surface area contributed by atoms with Crippen LogP contribution in [0.15, 0.2) is 24.3 Å². The predicted molar refractivity (Wildman–Crippen MR) is 121 cm³/mol. The first-order chi connectivity index (χ1) is 15.8. The predicted octanol–water partition coefficient (Wildman–Crippen LogP) is -0.658. The van der Waals surface area contributed by atoms with Gasteiger partial charge in [0, 0.05) is 12.8 Å². The lowest BCUT2D eigenvalue weighted by molar-refractivity contribution is -0.143. The van der Waals surface area contributed by atoms with E-state index in [1.165, 1.54) is 19.1 Å². The van der Waals surface area contributed by atoms with Gasteiger partial charge in [0.15, 0.2) is 0 Å². The molecule has 0 saturated carbocycles. The van der Waals surface area contributed by atoms with Gasteiger partial charge in [-0.05, 0) is 37.0 Å². The topological polar surface area (TPSA) is 208 Å². The third-order valence-corrected chi connectivity index (χ3v) is 5.00. The molecule has 0 aliphatic rings. The molecule has 0 aliphatic heterocycles. The van der Waals surface area contributed by atoms with Crippen molar-refractivity contribution in [2.45, 2.75) is 64.2 Å². The first-order valence-electron chi connectivity index (χ1n) is 10.7. The summed E-state index contributed by atoms with van der Waals surface area (Å²) in [5.41, 5.74) is 6.23. The second-order valence-electron chi connectivity index (χ2n) is 8.27. The summed E-state index contributed by atoms with van der Waals surface area (Å²) in [4.78, 5) is 59.8. The van der Waals surface area contributed by atoms with E-state index in [-0.39, 0.29) is 25.0 Å². The zero-order valence-electron chi connectivity index (χ0n) is 19.3. The minimum absolute atomic E-state index is 0.00936. The fourth-order valence-electron chi connectivity index (χ4n) is 2.94. The van der Waals surface area contributed by atoms with Gasteiger partial charge in [0.2, 0.25) is 17.7 Å². The third kappa shape index (κ3) is 9.45. The van der Waals surface area contributed by atoms with Gasteiger partial charge in [-0.3, -0.25) is 19.2 Å². The molecular weight excluding hydrogens is 448 g/mol. The van der Waals surface area contributed by atoms with E-state index in [9.17, 15) is 34.2 Å². The number of carbonyl (C=O) groups is 5. The molecule has 4 unspecified atom stereocenters. The number of carbonyl (C=O) groups excluding carboxylic acids is 3. The van der Waals surface area contributed by atoms with Crippen LogP contribution in [0.25, 0.3) is 0 Å². The van der Waals surface area contributed by atoms with Crippen molar-refractivity contribution in [1.29, 1.82) is 0 Å². The molecule has 34 heavy (non-hydrogen) atoms. The van der Waals surface area contributed by atoms with E-state index in [0.29, 0.717) is 5.56 Å². The molecule has 0 radical (unpaired) electrons. The lowest BCUT2D eigenvalue weighted by atomic mass is 10.0. The van der Waals surface area contributed by atoms with Crippen LogP contribution in [0.5, 0.6) is 5.75 Å². The van der Waals surface area contributed by atoms with Crippen molar-refractivity contribution in [3.05, 3.63) is 29.8 Å². The minimum Gasteiger partial charge on any atom is -0.508 e. The Kier molecular flexibility index (Phi) is 11.0. The molecule has 0 fully saturated rings. The molecule has 0 spiro atoms. The number of hydrogen-bond donors (Lipinski definition) is 7. The molecule has 0 heterocycles. The summed E-state index contributed by atoms with van der Waals surface area (Å²) in [6.45, 7) is 4.61. The average Bonchev–Trinajstić information content (AvgIpc) is 2.75. The van der Waals surface area contributed by atoms with Gasteiger partial charge in [-0.25, -0.2) is 4.79 Å². The number of aromatic hydroxyl groups is 1. The van der Waals surface area contributed by atoms with Gasteiger partial charge in [0.1, 0.15) is 23.9 Å². The number of nitrogens with two attached hydrogens (primary N) is 1. The smallest absolute Gasteiger partial charge is 0.326 e. The Bertz CT molecular complexity index is 887. The Balaban J connectivity index is 2.94. The number of phenolic OH excluding ortho intramolecular Hbond substituents is 1. The summed E-state index contributed by atoms with van der Waals surface area (Å²) in [5, 5.41) is 34.8. The summed E-state index contributed by atoms with van der Waals surface area (Å²) >= 11 is 0. The largest absolute Gasteiger partial charge is 0.508 e. The van der Waals surface area contributed by atoms with Crippen molar-refractivity contribution in [3.63, 3.8) is 0 Å². The molecule has 1 aromatic carbocycles. The Morgan fingerprint density at radius 3 is 1.97 bits per heavy atom. The van der Waals surface area contributed by atoms with Gasteiger partial charge in [-0.1, -0.05) is 26.0 Å². The van der Waals surface area contributed by atoms with E-state index in [4.69, 9.17) is 10.8 Å². The molecular formula is C22H32N4O8. The molecule has 4 atom stereocenters. The molecule has 12 heteroatoms. The van der Waals surface area contributed by atoms with Crippen molar-refractivity contribution < 1.29 is 39.3 Å². The van der Waals surface area contributed by atoms with Crippen molar-refractivity contribution in [2.75, 3.05) is 0 Å². The van der Waals surface area contributed by atoms with Gasteiger partial charge in [-0.2, -0.15) is 0 Å². The number of aliphatic carboxylic acids is 2. The molecule has 8 N–H and O–H groups in total. The zero-order chi connectivity index (χ0) is 26.0. The van der Waals surface area contributed by atoms with Gasteiger partial charge >= 0.3 is 11.9 Å². The first kappa shape index (κ1) is 28.4. The van der Waals surface area contributed by atoms with Crippen LogP contribution in [0, 0.1) is 5.92 Å². The molecule has 0 saturated heterocycles. The molecule has 0 aromatic heterocycles. The van der Waals surface area contributed by atoms with Gasteiger partial charge in [0.05, 0.1) is 6.04 Å². The number of carboxylic acid groups (broad SMARTS) is 2. The number of amides is 3. The number of carboxylic acids is 2. The molecule has 1 rings (SSSR count). The van der Waals surface area contributed by atoms with Crippen molar-refractivity contribution >= 4 is 29.7 Å². The van der Waals surface area contributed by atoms with E-state index < -0.39 is 59.7 Å². The number of rotatable bonds is 13. The molecule has 12 nitrogen and oxygen atoms in total. The van der Waals surface area contributed by atoms with Crippen LogP contribution in [0.1, 0.15) is 39.2 Å². The molecule has 3 amide bonds. The molecule has 188 valence electrons. The maximum atomic E-state index is 12.9. The Labute approximate surface area is 196 Å². The van der Waals surface area contributed by atoms with E-state index in [0.717, 1.165) is 0 Å². The van der Waals surface area contributed by atoms with Crippen LogP contribution in [-0.2, 0) is 30.4 Å². The SMILES string of the molecule is CC(NC(=O)C(N)CCC(=O)O)C(=O)NC(Cc1ccc(O)cc1)C(=O)NC(C(=O)O)C(C)C. The second-order valence-corrected chi connectivity index (χ2v) is 8.27. The summed E-state index contributed by atoms with van der Waals surface area (Å²) in [6, 6.07) is 1.29. The van der Waals surface area contributed by atoms with E-state index in [1.54, 1.807) is 26.0 Å². The lowest BCUT2D eigenvalue weighted by Crippen LogP contribution is -2.57. The van der Waals surface area contributed by atoms with Crippen molar-refractivity contribution in [2.24, 2.45) is 11.7 Å². The molecule has 0 bridgehead atoms. The van der Waals surface area contributed by atoms with E-state index in [2.05, 4.69) is 16.0 Å². The van der Waals surface area contributed by atoms with Crippen LogP contribution in [0.4, 0.5) is 0 Å². The summed E-state index contributed by atoms with van der Waals surface area (Å²) < 4.78 is 0. The maximum Gasteiger partial charge on any atom is 0.326 e. The number of phenols is 1. The maximum absolute atomic E-state index is 12.9. The highest BCUT2D eigenvalue weighted by Crippen LogP contribution is 2.12. The number of hydrogen-bond acceptors (Lipinski definition) is 7. The second kappa shape index (κ2) is 13.1. The standard InChI is InChI=1S/C22H32N4O8/c1-11(2)18(22(33)34)26-21(32)16(10-13-4-6-14(27)7-5-13)25-19(30)12(3)24-20(31)15(23)8-9-17(28)29/h4-7,11-12,15-16,18,27H,8-10,23H2,1-3H3,(H,24,31)(H,25,30)(H,26,32)(H,28,29)(H,33,34). The first-order valence-corrected chi connectivity index (χ1v) is 10.7. The monoisotopic (exact) mass is 480 g/mol. The van der Waals surface area contributed by atoms with Gasteiger partial charge in [0.25, 0.3) is 0 Å². The summed E-state index contributed by atoms with van der Waals surface area (Å²) in [6.07, 6.45) is -0.446. The summed E-state index contributed by atoms with van der Waals surface area (Å²) in [5.74, 6) is -4.94. The van der Waals surface area contributed by atoms with E-state index >= 15 is 0 Å². The fourth-order valence-corrected chi connectivity index (χ4v) is 2.94. The Hall–Kier alpha value is -3.67. The van der Waals surface area contributed by atoms with Crippen LogP contribution in [-0.4, -0.2) is 69.1 Å². The molecule has 1 aromatic rings.